The molecule has 0 aliphatic carbocycles. The number of piperidine rings is 2. The molecule has 3 amide bonds. The van der Waals surface area contributed by atoms with Crippen LogP contribution in [0.5, 0.6) is 5.75 Å². The van der Waals surface area contributed by atoms with Crippen LogP contribution in [-0.2, 0) is 32.5 Å². The van der Waals surface area contributed by atoms with Gasteiger partial charge in [0, 0.05) is 70.1 Å². The Balaban J connectivity index is 1.17. The van der Waals surface area contributed by atoms with Crippen LogP contribution in [-0.4, -0.2) is 114 Å². The molecule has 0 unspecified atom stereocenters. The number of likely N-dealkylation sites (tertiary alicyclic amines) is 2. The van der Waals surface area contributed by atoms with Crippen LogP contribution in [0.3, 0.4) is 0 Å². The Labute approximate surface area is 287 Å². The number of ether oxygens (including phenoxy) is 2. The van der Waals surface area contributed by atoms with Gasteiger partial charge in [0.25, 0.3) is 5.91 Å². The van der Waals surface area contributed by atoms with E-state index in [4.69, 9.17) is 21.1 Å². The van der Waals surface area contributed by atoms with Gasteiger partial charge in [0.05, 0.1) is 16.3 Å². The number of halogens is 4. The Kier molecular flexibility index (Phi) is 10.2. The molecular weight excluding hydrogens is 667 g/mol. The molecule has 15 heteroatoms. The first-order valence-corrected chi connectivity index (χ1v) is 17.1. The fraction of sp³-hybridized carbons (Fsp3) is 0.559. The zero-order chi connectivity index (χ0) is 34.9. The smallest absolute Gasteiger partial charge is 0.420 e. The maximum Gasteiger partial charge on any atom is 0.420 e. The average Bonchev–Trinajstić information content (AvgIpc) is 3.29. The molecule has 0 bridgehead atoms. The van der Waals surface area contributed by atoms with Crippen molar-refractivity contribution in [2.24, 2.45) is 0 Å². The molecule has 2 N–H and O–H groups in total. The Morgan fingerprint density at radius 1 is 1.04 bits per heavy atom. The number of nitrogens with one attached hydrogen (secondary N) is 1. The number of nitrogens with zero attached hydrogens (tertiary/aromatic N) is 4. The second kappa shape index (κ2) is 14.2. The number of hydrogen-bond acceptors (Lipinski definition) is 8. The molecule has 1 spiro atoms. The molecule has 2 aromatic rings. The molecule has 0 radical (unpaired) electrons. The van der Waals surface area contributed by atoms with Crippen LogP contribution in [0, 0.1) is 0 Å². The maximum atomic E-state index is 14.0. The highest BCUT2D eigenvalue weighted by molar-refractivity contribution is 6.32. The number of amides is 3. The van der Waals surface area contributed by atoms with Gasteiger partial charge in [-0.3, -0.25) is 15.0 Å². The normalized spacial score (nSPS) is 21.4. The summed E-state index contributed by atoms with van der Waals surface area (Å²) < 4.78 is 52.7. The van der Waals surface area contributed by atoms with Crippen LogP contribution in [0.1, 0.15) is 48.8 Å². The van der Waals surface area contributed by atoms with Crippen molar-refractivity contribution in [2.45, 2.75) is 62.4 Å². The Hall–Kier alpha value is -3.75. The quantitative estimate of drug-likeness (QED) is 0.431. The van der Waals surface area contributed by atoms with E-state index in [9.17, 15) is 32.7 Å². The topological polar surface area (TPSA) is 115 Å². The summed E-state index contributed by atoms with van der Waals surface area (Å²) in [7, 11) is 2.11. The number of phenolic OH excluding ortho intramolecular Hbond substituents is 1. The van der Waals surface area contributed by atoms with Gasteiger partial charge in [-0.2, -0.15) is 13.2 Å². The SMILES string of the molecule is CN1CCCN(C2CCN(C(=O)[C@@H](Cc3cc(Cl)c(O)c(C(F)(F)F)c3)OC(=O)N3CCC4(CC3)OC(=O)Nc3ccccc34)CC2)CC1. The lowest BCUT2D eigenvalue weighted by molar-refractivity contribution is -0.142. The Morgan fingerprint density at radius 2 is 1.76 bits per heavy atom. The predicted octanol–water partition coefficient (Wildman–Crippen LogP) is 5.29. The molecule has 6 rings (SSSR count). The second-order valence-corrected chi connectivity index (χ2v) is 13.7. The van der Waals surface area contributed by atoms with Crippen molar-refractivity contribution in [3.05, 3.63) is 58.1 Å². The number of hydrogen-bond donors (Lipinski definition) is 2. The van der Waals surface area contributed by atoms with Crippen molar-refractivity contribution < 1.29 is 42.1 Å². The number of likely N-dealkylation sites (N-methyl/N-ethyl adjacent to an activating group) is 1. The molecule has 2 aromatic carbocycles. The number of benzene rings is 2. The third-order valence-corrected chi connectivity index (χ3v) is 10.5. The van der Waals surface area contributed by atoms with Crippen molar-refractivity contribution >= 4 is 35.4 Å². The van der Waals surface area contributed by atoms with Crippen LogP contribution in [0.15, 0.2) is 36.4 Å². The minimum Gasteiger partial charge on any atom is -0.506 e. The predicted molar refractivity (Wildman–Crippen MR) is 174 cm³/mol. The van der Waals surface area contributed by atoms with Crippen LogP contribution >= 0.6 is 11.6 Å². The maximum absolute atomic E-state index is 14.0. The van der Waals surface area contributed by atoms with E-state index in [0.29, 0.717) is 24.8 Å². The number of aromatic hydroxyl groups is 1. The molecular formula is C34H41ClF3N5O6. The number of alkyl halides is 3. The van der Waals surface area contributed by atoms with Gasteiger partial charge in [-0.1, -0.05) is 29.8 Å². The standard InChI is InChI=1S/C34H41ClF3N5O6/c1-40-11-4-12-41(18-17-40)23-7-13-42(14-8-23)30(45)28(21-22-19-25(34(36,37)38)29(44)26(35)20-22)48-32(47)43-15-9-33(10-16-43)24-5-2-3-6-27(24)39-31(46)49-33/h2-3,5-6,19-20,23,28,44H,4,7-18,21H2,1H3,(H,39,46)/t28-/m1/s1. The zero-order valence-corrected chi connectivity index (χ0v) is 28.1. The number of carbonyl (C=O) groups is 3. The number of fused-ring (bicyclic) bond motifs is 2. The lowest BCUT2D eigenvalue weighted by Gasteiger charge is -2.44. The summed E-state index contributed by atoms with van der Waals surface area (Å²) in [6.45, 7) is 5.06. The van der Waals surface area contributed by atoms with Gasteiger partial charge in [0.1, 0.15) is 11.4 Å². The van der Waals surface area contributed by atoms with Gasteiger partial charge in [0.2, 0.25) is 0 Å². The van der Waals surface area contributed by atoms with Gasteiger partial charge >= 0.3 is 18.4 Å². The van der Waals surface area contributed by atoms with E-state index in [0.717, 1.165) is 63.1 Å². The summed E-state index contributed by atoms with van der Waals surface area (Å²) in [5.74, 6) is -1.61. The lowest BCUT2D eigenvalue weighted by Crippen LogP contribution is -2.53. The van der Waals surface area contributed by atoms with Crippen molar-refractivity contribution in [2.75, 3.05) is 64.7 Å². The molecule has 3 fully saturated rings. The van der Waals surface area contributed by atoms with Crippen molar-refractivity contribution in [1.29, 1.82) is 0 Å². The zero-order valence-electron chi connectivity index (χ0n) is 27.3. The molecule has 11 nitrogen and oxygen atoms in total. The van der Waals surface area contributed by atoms with Crippen molar-refractivity contribution in [1.82, 2.24) is 19.6 Å². The van der Waals surface area contributed by atoms with E-state index in [1.807, 2.05) is 12.1 Å². The molecule has 266 valence electrons. The van der Waals surface area contributed by atoms with E-state index in [2.05, 4.69) is 22.2 Å². The monoisotopic (exact) mass is 707 g/mol. The first kappa shape index (κ1) is 35.1. The van der Waals surface area contributed by atoms with E-state index < -0.39 is 52.3 Å². The van der Waals surface area contributed by atoms with Crippen LogP contribution in [0.4, 0.5) is 28.4 Å². The van der Waals surface area contributed by atoms with E-state index in [-0.39, 0.29) is 37.9 Å². The van der Waals surface area contributed by atoms with E-state index in [1.165, 1.54) is 4.90 Å². The molecule has 4 aliphatic rings. The summed E-state index contributed by atoms with van der Waals surface area (Å²) >= 11 is 5.98. The van der Waals surface area contributed by atoms with Crippen molar-refractivity contribution in [3.63, 3.8) is 0 Å². The number of rotatable bonds is 5. The fourth-order valence-corrected chi connectivity index (χ4v) is 7.69. The highest BCUT2D eigenvalue weighted by Gasteiger charge is 2.46. The number of phenols is 1. The van der Waals surface area contributed by atoms with E-state index >= 15 is 0 Å². The lowest BCUT2D eigenvalue weighted by atomic mass is 9.82. The van der Waals surface area contributed by atoms with Gasteiger partial charge in [0.15, 0.2) is 6.10 Å². The molecule has 1 atom stereocenters. The summed E-state index contributed by atoms with van der Waals surface area (Å²) in [4.78, 5) is 47.7. The molecule has 4 aliphatic heterocycles. The summed E-state index contributed by atoms with van der Waals surface area (Å²) in [5.41, 5.74) is -0.848. The average molecular weight is 708 g/mol. The van der Waals surface area contributed by atoms with Gasteiger partial charge < -0.3 is 29.3 Å². The first-order chi connectivity index (χ1) is 23.3. The third-order valence-electron chi connectivity index (χ3n) is 10.2. The van der Waals surface area contributed by atoms with Gasteiger partial charge in [-0.15, -0.1) is 0 Å². The third kappa shape index (κ3) is 7.71. The minimum absolute atomic E-state index is 0.0133. The number of para-hydroxylation sites is 1. The van der Waals surface area contributed by atoms with Crippen LogP contribution in [0.2, 0.25) is 5.02 Å². The summed E-state index contributed by atoms with van der Waals surface area (Å²) in [5, 5.41) is 12.2. The van der Waals surface area contributed by atoms with E-state index in [1.54, 1.807) is 17.0 Å². The number of anilines is 1. The highest BCUT2D eigenvalue weighted by atomic mass is 35.5. The minimum atomic E-state index is -4.90. The fourth-order valence-electron chi connectivity index (χ4n) is 7.44. The summed E-state index contributed by atoms with van der Waals surface area (Å²) in [6.07, 6.45) is -5.01. The molecule has 0 aromatic heterocycles. The van der Waals surface area contributed by atoms with Crippen LogP contribution in [0.25, 0.3) is 0 Å². The van der Waals surface area contributed by atoms with Gasteiger partial charge in [-0.25, -0.2) is 9.59 Å². The van der Waals surface area contributed by atoms with Gasteiger partial charge in [-0.05, 0) is 63.2 Å². The molecule has 0 saturated carbocycles. The second-order valence-electron chi connectivity index (χ2n) is 13.3. The summed E-state index contributed by atoms with van der Waals surface area (Å²) in [6, 6.07) is 9.47. The molecule has 4 heterocycles. The van der Waals surface area contributed by atoms with Crippen molar-refractivity contribution in [3.8, 4) is 5.75 Å². The molecule has 49 heavy (non-hydrogen) atoms. The highest BCUT2D eigenvalue weighted by Crippen LogP contribution is 2.44. The largest absolute Gasteiger partial charge is 0.506 e. The first-order valence-electron chi connectivity index (χ1n) is 16.7. The Morgan fingerprint density at radius 3 is 2.47 bits per heavy atom. The van der Waals surface area contributed by atoms with Crippen LogP contribution < -0.4 is 5.32 Å². The number of carbonyl (C=O) groups excluding carboxylic acids is 3. The Bertz CT molecular complexity index is 1560. The molecule has 3 saturated heterocycles.